The molecule has 0 spiro atoms. The van der Waals surface area contributed by atoms with Crippen LogP contribution in [0.2, 0.25) is 5.02 Å². The molecule has 1 saturated heterocycles. The van der Waals surface area contributed by atoms with Crippen LogP contribution in [-0.2, 0) is 26.0 Å². The van der Waals surface area contributed by atoms with E-state index >= 15 is 0 Å². The number of methoxy groups -OCH3 is 2. The van der Waals surface area contributed by atoms with Crippen LogP contribution in [0.15, 0.2) is 47.4 Å². The normalized spacial score (nSPS) is 18.3. The van der Waals surface area contributed by atoms with E-state index in [1.54, 1.807) is 12.1 Å². The summed E-state index contributed by atoms with van der Waals surface area (Å²) < 4.78 is 36.3. The van der Waals surface area contributed by atoms with Crippen molar-refractivity contribution < 1.29 is 27.5 Å². The van der Waals surface area contributed by atoms with Gasteiger partial charge < -0.3 is 20.1 Å². The highest BCUT2D eigenvalue weighted by atomic mass is 35.5. The van der Waals surface area contributed by atoms with Crippen LogP contribution in [0.4, 0.5) is 0 Å². The smallest absolute Gasteiger partial charge is 0.241 e. The molecular weight excluding hydrogens is 490 g/mol. The fourth-order valence-corrected chi connectivity index (χ4v) is 5.58. The number of nitrogens with one attached hydrogen (secondary N) is 3. The Labute approximate surface area is 201 Å². The van der Waals surface area contributed by atoms with Crippen LogP contribution >= 0.6 is 23.4 Å². The van der Waals surface area contributed by atoms with Crippen molar-refractivity contribution in [2.45, 2.75) is 22.2 Å². The molecule has 1 aliphatic heterocycles. The Morgan fingerprint density at radius 3 is 2.48 bits per heavy atom. The number of carbonyl (C=O) groups excluding carboxylic acids is 2. The summed E-state index contributed by atoms with van der Waals surface area (Å²) in [6.07, 6.45) is 0. The maximum Gasteiger partial charge on any atom is 0.241 e. The monoisotopic (exact) mass is 513 g/mol. The maximum atomic E-state index is 13.0. The van der Waals surface area contributed by atoms with Gasteiger partial charge in [-0.15, -0.1) is 11.8 Å². The van der Waals surface area contributed by atoms with Crippen LogP contribution in [0.25, 0.3) is 0 Å². The Morgan fingerprint density at radius 1 is 1.15 bits per heavy atom. The molecule has 33 heavy (non-hydrogen) atoms. The Balaban J connectivity index is 1.53. The summed E-state index contributed by atoms with van der Waals surface area (Å²) in [6, 6.07) is 11.3. The second kappa shape index (κ2) is 11.1. The number of carbonyl (C=O) groups is 2. The fraction of sp³-hybridized carbons (Fsp3) is 0.333. The molecule has 0 aromatic heterocycles. The predicted molar refractivity (Wildman–Crippen MR) is 126 cm³/mol. The average molecular weight is 514 g/mol. The van der Waals surface area contributed by atoms with E-state index in [4.69, 9.17) is 21.1 Å². The highest BCUT2D eigenvalue weighted by Crippen LogP contribution is 2.31. The van der Waals surface area contributed by atoms with Gasteiger partial charge in [0.1, 0.15) is 5.50 Å². The number of halogens is 1. The lowest BCUT2D eigenvalue weighted by atomic mass is 10.2. The Kier molecular flexibility index (Phi) is 8.46. The zero-order valence-corrected chi connectivity index (χ0v) is 20.4. The second-order valence-electron chi connectivity index (χ2n) is 7.06. The third-order valence-corrected chi connectivity index (χ3v) is 8.24. The van der Waals surface area contributed by atoms with Gasteiger partial charge in [0, 0.05) is 24.2 Å². The van der Waals surface area contributed by atoms with Crippen molar-refractivity contribution >= 4 is 45.0 Å². The number of thioether (sulfide) groups is 1. The van der Waals surface area contributed by atoms with Crippen molar-refractivity contribution in [2.24, 2.45) is 0 Å². The number of sulfone groups is 1. The topological polar surface area (TPSA) is 123 Å². The molecule has 3 N–H and O–H groups in total. The zero-order chi connectivity index (χ0) is 24.0. The van der Waals surface area contributed by atoms with Gasteiger partial charge in [0.15, 0.2) is 26.6 Å². The molecule has 3 rings (SSSR count). The molecule has 0 saturated carbocycles. The first-order valence-corrected chi connectivity index (χ1v) is 12.8. The number of rotatable bonds is 9. The largest absolute Gasteiger partial charge is 0.493 e. The van der Waals surface area contributed by atoms with Gasteiger partial charge in [0.25, 0.3) is 0 Å². The highest BCUT2D eigenvalue weighted by molar-refractivity contribution is 8.00. The minimum atomic E-state index is -3.97. The van der Waals surface area contributed by atoms with E-state index in [1.807, 2.05) is 12.1 Å². The maximum absolute atomic E-state index is 13.0. The van der Waals surface area contributed by atoms with E-state index in [2.05, 4.69) is 16.0 Å². The van der Waals surface area contributed by atoms with Gasteiger partial charge >= 0.3 is 0 Å². The highest BCUT2D eigenvalue weighted by Gasteiger charge is 2.39. The van der Waals surface area contributed by atoms with Crippen molar-refractivity contribution in [1.29, 1.82) is 0 Å². The van der Waals surface area contributed by atoms with Crippen LogP contribution < -0.4 is 25.4 Å². The molecule has 0 aliphatic carbocycles. The van der Waals surface area contributed by atoms with Crippen LogP contribution in [0.3, 0.4) is 0 Å². The van der Waals surface area contributed by atoms with E-state index in [9.17, 15) is 18.0 Å². The Hall–Kier alpha value is -2.47. The predicted octanol–water partition coefficient (Wildman–Crippen LogP) is 1.55. The number of benzene rings is 2. The van der Waals surface area contributed by atoms with E-state index in [0.29, 0.717) is 17.3 Å². The molecule has 2 unspecified atom stereocenters. The van der Waals surface area contributed by atoms with E-state index < -0.39 is 26.5 Å². The van der Waals surface area contributed by atoms with Gasteiger partial charge in [0.2, 0.25) is 11.8 Å². The Morgan fingerprint density at radius 2 is 1.85 bits per heavy atom. The molecule has 0 bridgehead atoms. The lowest BCUT2D eigenvalue weighted by Crippen LogP contribution is -2.59. The first-order chi connectivity index (χ1) is 15.7. The third-order valence-electron chi connectivity index (χ3n) is 4.90. The Bertz CT molecular complexity index is 1110. The minimum Gasteiger partial charge on any atom is -0.493 e. The average Bonchev–Trinajstić information content (AvgIpc) is 2.81. The number of hydrogen-bond donors (Lipinski definition) is 3. The summed E-state index contributed by atoms with van der Waals surface area (Å²) in [4.78, 5) is 24.6. The molecule has 0 radical (unpaired) electrons. The molecule has 2 aromatic carbocycles. The second-order valence-corrected chi connectivity index (χ2v) is 10.7. The van der Waals surface area contributed by atoms with Crippen molar-refractivity contribution in [3.05, 3.63) is 53.1 Å². The summed E-state index contributed by atoms with van der Waals surface area (Å²) in [5.74, 6) is -0.138. The van der Waals surface area contributed by atoms with Crippen LogP contribution in [-0.4, -0.2) is 57.5 Å². The van der Waals surface area contributed by atoms with Crippen LogP contribution in [0.5, 0.6) is 11.5 Å². The molecule has 2 aromatic rings. The lowest BCUT2D eigenvalue weighted by molar-refractivity contribution is -0.122. The summed E-state index contributed by atoms with van der Waals surface area (Å²) in [6.45, 7) is 0.263. The zero-order valence-electron chi connectivity index (χ0n) is 18.0. The number of hydrogen-bond acceptors (Lipinski definition) is 8. The molecule has 1 fully saturated rings. The van der Waals surface area contributed by atoms with E-state index in [1.165, 1.54) is 32.4 Å². The van der Waals surface area contributed by atoms with Gasteiger partial charge in [0.05, 0.1) is 24.9 Å². The summed E-state index contributed by atoms with van der Waals surface area (Å²) >= 11 is 7.00. The summed E-state index contributed by atoms with van der Waals surface area (Å²) in [7, 11) is -1.13. The quantitative estimate of drug-likeness (QED) is 0.461. The molecule has 1 aliphatic rings. The SMILES string of the molecule is COc1ccc(S(=O)(=O)C2CNC(SCC(=O)NCc3ccc(Cl)cc3)NC2=O)cc1OC. The summed E-state index contributed by atoms with van der Waals surface area (Å²) in [5, 5.41) is 7.66. The van der Waals surface area contributed by atoms with Crippen LogP contribution in [0.1, 0.15) is 5.56 Å². The van der Waals surface area contributed by atoms with Gasteiger partial charge in [-0.1, -0.05) is 23.7 Å². The van der Waals surface area contributed by atoms with E-state index in [0.717, 1.165) is 17.3 Å². The van der Waals surface area contributed by atoms with Crippen molar-refractivity contribution in [3.63, 3.8) is 0 Å². The van der Waals surface area contributed by atoms with Gasteiger partial charge in [-0.3, -0.25) is 14.9 Å². The first kappa shape index (κ1) is 25.2. The van der Waals surface area contributed by atoms with Crippen molar-refractivity contribution in [3.8, 4) is 11.5 Å². The molecule has 2 atom stereocenters. The van der Waals surface area contributed by atoms with Crippen molar-refractivity contribution in [1.82, 2.24) is 16.0 Å². The third kappa shape index (κ3) is 6.32. The van der Waals surface area contributed by atoms with Crippen molar-refractivity contribution in [2.75, 3.05) is 26.5 Å². The minimum absolute atomic E-state index is 0.0465. The van der Waals surface area contributed by atoms with Gasteiger partial charge in [-0.2, -0.15) is 0 Å². The lowest BCUT2D eigenvalue weighted by Gasteiger charge is -2.29. The molecule has 12 heteroatoms. The first-order valence-electron chi connectivity index (χ1n) is 9.87. The molecule has 9 nitrogen and oxygen atoms in total. The number of ether oxygens (including phenoxy) is 2. The standard InChI is InChI=1S/C21H24ClN3O6S2/c1-30-16-8-7-15(9-17(16)31-2)33(28,29)18-11-24-21(25-20(18)27)32-12-19(26)23-10-13-3-5-14(22)6-4-13/h3-9,18,21,24H,10-12H2,1-2H3,(H,23,26)(H,25,27). The van der Waals surface area contributed by atoms with Gasteiger partial charge in [-0.25, -0.2) is 8.42 Å². The molecule has 1 heterocycles. The molecular formula is C21H24ClN3O6S2. The summed E-state index contributed by atoms with van der Waals surface area (Å²) in [5.41, 5.74) is 0.320. The van der Waals surface area contributed by atoms with Gasteiger partial charge in [-0.05, 0) is 29.8 Å². The molecule has 2 amide bonds. The fourth-order valence-electron chi connectivity index (χ4n) is 3.10. The number of amides is 2. The molecule has 178 valence electrons. The van der Waals surface area contributed by atoms with Crippen LogP contribution in [0, 0.1) is 0 Å². The van der Waals surface area contributed by atoms with E-state index in [-0.39, 0.29) is 28.8 Å².